The van der Waals surface area contributed by atoms with Gasteiger partial charge in [0.1, 0.15) is 11.6 Å². The molecule has 0 aliphatic carbocycles. The molecule has 4 aromatic carbocycles. The largest absolute Gasteiger partial charge is 0.478 e. The van der Waals surface area contributed by atoms with Gasteiger partial charge in [-0.2, -0.15) is 0 Å². The van der Waals surface area contributed by atoms with Gasteiger partial charge in [-0.1, -0.05) is 72.8 Å². The molecule has 0 saturated heterocycles. The standard InChI is InChI=1S/C27H18F2O2/c28-23-12-9-19(10-13-23)21-11-15-25(27(30)31)22(17-21)8-6-18-7-14-24(26(29)16-18)20-4-2-1-3-5-20/h1-17H,(H,30,31)/b8-6+. The highest BCUT2D eigenvalue weighted by molar-refractivity contribution is 5.94. The summed E-state index contributed by atoms with van der Waals surface area (Å²) in [6, 6.07) is 25.1. The smallest absolute Gasteiger partial charge is 0.336 e. The molecule has 0 aliphatic heterocycles. The SMILES string of the molecule is O=C(O)c1ccc(-c2ccc(F)cc2)cc1/C=C/c1ccc(-c2ccccc2)c(F)c1. The summed E-state index contributed by atoms with van der Waals surface area (Å²) in [6.07, 6.45) is 3.32. The van der Waals surface area contributed by atoms with Gasteiger partial charge in [-0.15, -0.1) is 0 Å². The zero-order valence-electron chi connectivity index (χ0n) is 16.4. The summed E-state index contributed by atoms with van der Waals surface area (Å²) >= 11 is 0. The first-order valence-corrected chi connectivity index (χ1v) is 9.67. The van der Waals surface area contributed by atoms with Crippen LogP contribution in [0.2, 0.25) is 0 Å². The van der Waals surface area contributed by atoms with E-state index in [4.69, 9.17) is 0 Å². The van der Waals surface area contributed by atoms with E-state index in [0.29, 0.717) is 16.7 Å². The Balaban J connectivity index is 1.67. The van der Waals surface area contributed by atoms with Crippen molar-refractivity contribution in [1.82, 2.24) is 0 Å². The predicted molar refractivity (Wildman–Crippen MR) is 120 cm³/mol. The molecule has 152 valence electrons. The van der Waals surface area contributed by atoms with Crippen LogP contribution in [0.25, 0.3) is 34.4 Å². The molecule has 0 bridgehead atoms. The number of hydrogen-bond donors (Lipinski definition) is 1. The van der Waals surface area contributed by atoms with Crippen LogP contribution in [0, 0.1) is 11.6 Å². The predicted octanol–water partition coefficient (Wildman–Crippen LogP) is 7.17. The van der Waals surface area contributed by atoms with Gasteiger partial charge in [-0.3, -0.25) is 0 Å². The summed E-state index contributed by atoms with van der Waals surface area (Å²) in [4.78, 5) is 11.6. The maximum absolute atomic E-state index is 14.6. The van der Waals surface area contributed by atoms with Crippen molar-refractivity contribution in [3.05, 3.63) is 119 Å². The van der Waals surface area contributed by atoms with E-state index >= 15 is 0 Å². The molecule has 0 spiro atoms. The molecule has 4 rings (SSSR count). The average Bonchev–Trinajstić information content (AvgIpc) is 2.78. The summed E-state index contributed by atoms with van der Waals surface area (Å²) in [5.74, 6) is -1.75. The number of aromatic carboxylic acids is 1. The first-order chi connectivity index (χ1) is 15.0. The number of halogens is 2. The van der Waals surface area contributed by atoms with Gasteiger partial charge in [0.2, 0.25) is 0 Å². The number of rotatable bonds is 5. The molecule has 31 heavy (non-hydrogen) atoms. The van der Waals surface area contributed by atoms with E-state index in [1.54, 1.807) is 48.6 Å². The zero-order valence-corrected chi connectivity index (χ0v) is 16.4. The van der Waals surface area contributed by atoms with Crippen LogP contribution in [-0.2, 0) is 0 Å². The van der Waals surface area contributed by atoms with Gasteiger partial charge in [0.15, 0.2) is 0 Å². The molecular formula is C27H18F2O2. The van der Waals surface area contributed by atoms with Crippen LogP contribution in [0.1, 0.15) is 21.5 Å². The lowest BCUT2D eigenvalue weighted by Gasteiger charge is -2.07. The zero-order chi connectivity index (χ0) is 21.8. The molecule has 0 aliphatic rings. The van der Waals surface area contributed by atoms with Crippen molar-refractivity contribution in [3.8, 4) is 22.3 Å². The molecule has 0 radical (unpaired) electrons. The second-order valence-electron chi connectivity index (χ2n) is 7.05. The fourth-order valence-corrected chi connectivity index (χ4v) is 3.39. The maximum Gasteiger partial charge on any atom is 0.336 e. The van der Waals surface area contributed by atoms with Crippen LogP contribution in [0.5, 0.6) is 0 Å². The second-order valence-corrected chi connectivity index (χ2v) is 7.05. The van der Waals surface area contributed by atoms with E-state index in [-0.39, 0.29) is 17.2 Å². The summed E-state index contributed by atoms with van der Waals surface area (Å²) in [7, 11) is 0. The summed E-state index contributed by atoms with van der Waals surface area (Å²) in [5, 5.41) is 9.52. The van der Waals surface area contributed by atoms with Crippen LogP contribution in [0.3, 0.4) is 0 Å². The van der Waals surface area contributed by atoms with Gasteiger partial charge >= 0.3 is 5.97 Å². The lowest BCUT2D eigenvalue weighted by Crippen LogP contribution is -1.99. The van der Waals surface area contributed by atoms with Crippen LogP contribution in [0.4, 0.5) is 8.78 Å². The summed E-state index contributed by atoms with van der Waals surface area (Å²) in [5.41, 5.74) is 4.03. The van der Waals surface area contributed by atoms with Crippen molar-refractivity contribution in [1.29, 1.82) is 0 Å². The Bertz CT molecular complexity index is 1260. The van der Waals surface area contributed by atoms with Gasteiger partial charge in [0, 0.05) is 5.56 Å². The number of carboxylic acids is 1. The van der Waals surface area contributed by atoms with Crippen molar-refractivity contribution >= 4 is 18.1 Å². The topological polar surface area (TPSA) is 37.3 Å². The Morgan fingerprint density at radius 1 is 0.710 bits per heavy atom. The first-order valence-electron chi connectivity index (χ1n) is 9.67. The first kappa shape index (κ1) is 20.2. The lowest BCUT2D eigenvalue weighted by atomic mass is 9.98. The highest BCUT2D eigenvalue weighted by Gasteiger charge is 2.10. The van der Waals surface area contributed by atoms with Gasteiger partial charge in [-0.25, -0.2) is 13.6 Å². The second kappa shape index (κ2) is 8.76. The molecule has 0 atom stereocenters. The van der Waals surface area contributed by atoms with Crippen LogP contribution < -0.4 is 0 Å². The molecule has 0 amide bonds. The number of carbonyl (C=O) groups is 1. The van der Waals surface area contributed by atoms with E-state index in [0.717, 1.165) is 16.7 Å². The Kier molecular flexibility index (Phi) is 5.72. The number of benzene rings is 4. The molecule has 0 fully saturated rings. The Morgan fingerprint density at radius 2 is 1.42 bits per heavy atom. The third kappa shape index (κ3) is 4.59. The molecule has 0 saturated carbocycles. The molecule has 2 nitrogen and oxygen atoms in total. The maximum atomic E-state index is 14.6. The molecular weight excluding hydrogens is 394 g/mol. The van der Waals surface area contributed by atoms with Gasteiger partial charge in [-0.05, 0) is 58.1 Å². The van der Waals surface area contributed by atoms with E-state index in [9.17, 15) is 18.7 Å². The van der Waals surface area contributed by atoms with E-state index in [1.807, 2.05) is 30.3 Å². The van der Waals surface area contributed by atoms with E-state index < -0.39 is 5.97 Å². The van der Waals surface area contributed by atoms with Crippen molar-refractivity contribution in [2.24, 2.45) is 0 Å². The van der Waals surface area contributed by atoms with Crippen molar-refractivity contribution in [2.45, 2.75) is 0 Å². The quantitative estimate of drug-likeness (QED) is 0.353. The normalized spacial score (nSPS) is 11.0. The molecule has 4 heteroatoms. The molecule has 4 aromatic rings. The van der Waals surface area contributed by atoms with Crippen molar-refractivity contribution in [3.63, 3.8) is 0 Å². The van der Waals surface area contributed by atoms with Gasteiger partial charge < -0.3 is 5.11 Å². The van der Waals surface area contributed by atoms with Crippen LogP contribution in [-0.4, -0.2) is 11.1 Å². The minimum Gasteiger partial charge on any atom is -0.478 e. The third-order valence-corrected chi connectivity index (χ3v) is 4.99. The number of carboxylic acid groups (broad SMARTS) is 1. The highest BCUT2D eigenvalue weighted by Crippen LogP contribution is 2.26. The van der Waals surface area contributed by atoms with Gasteiger partial charge in [0.25, 0.3) is 0 Å². The Labute approximate surface area is 178 Å². The lowest BCUT2D eigenvalue weighted by molar-refractivity contribution is 0.0696. The van der Waals surface area contributed by atoms with E-state index in [1.165, 1.54) is 24.3 Å². The van der Waals surface area contributed by atoms with Crippen molar-refractivity contribution in [2.75, 3.05) is 0 Å². The van der Waals surface area contributed by atoms with Crippen molar-refractivity contribution < 1.29 is 18.7 Å². The molecule has 0 unspecified atom stereocenters. The third-order valence-electron chi connectivity index (χ3n) is 4.99. The summed E-state index contributed by atoms with van der Waals surface area (Å²) in [6.45, 7) is 0. The Hall–Kier alpha value is -4.05. The fourth-order valence-electron chi connectivity index (χ4n) is 3.39. The van der Waals surface area contributed by atoms with E-state index in [2.05, 4.69) is 0 Å². The minimum atomic E-state index is -1.06. The summed E-state index contributed by atoms with van der Waals surface area (Å²) < 4.78 is 27.8. The average molecular weight is 412 g/mol. The van der Waals surface area contributed by atoms with Crippen LogP contribution >= 0.6 is 0 Å². The highest BCUT2D eigenvalue weighted by atomic mass is 19.1. The molecule has 0 heterocycles. The van der Waals surface area contributed by atoms with Crippen LogP contribution in [0.15, 0.2) is 91.0 Å². The fraction of sp³-hybridized carbons (Fsp3) is 0. The minimum absolute atomic E-state index is 0.128. The molecule has 0 aromatic heterocycles. The molecule has 1 N–H and O–H groups in total. The number of hydrogen-bond acceptors (Lipinski definition) is 1. The Morgan fingerprint density at radius 3 is 2.10 bits per heavy atom. The monoisotopic (exact) mass is 412 g/mol. The van der Waals surface area contributed by atoms with Gasteiger partial charge in [0.05, 0.1) is 5.56 Å².